The monoisotopic (exact) mass is 463 g/mol. The van der Waals surface area contributed by atoms with Gasteiger partial charge < -0.3 is 21.1 Å². The van der Waals surface area contributed by atoms with E-state index in [2.05, 4.69) is 10.6 Å². The lowest BCUT2D eigenvalue weighted by Crippen LogP contribution is -2.54. The minimum Gasteiger partial charge on any atom is -0.445 e. The summed E-state index contributed by atoms with van der Waals surface area (Å²) in [7, 11) is 0. The number of carbonyl (C=O) groups is 3. The Morgan fingerprint density at radius 2 is 1.26 bits per heavy atom. The zero-order chi connectivity index (χ0) is 24.3. The molecular weight excluding hydrogens is 437 g/mol. The summed E-state index contributed by atoms with van der Waals surface area (Å²) in [6, 6.07) is 21.7. The smallest absolute Gasteiger partial charge is 0.408 e. The summed E-state index contributed by atoms with van der Waals surface area (Å²) in [6.07, 6.45) is -0.512. The number of nitrogens with one attached hydrogen (secondary N) is 2. The minimum atomic E-state index is -1.04. The van der Waals surface area contributed by atoms with Crippen LogP contribution in [0.1, 0.15) is 16.7 Å². The molecule has 2 atom stereocenters. The van der Waals surface area contributed by atoms with Crippen molar-refractivity contribution >= 4 is 17.9 Å². The molecule has 0 radical (unpaired) electrons. The average molecular weight is 464 g/mol. The number of primary amides is 1. The van der Waals surface area contributed by atoms with E-state index in [0.29, 0.717) is 5.56 Å². The van der Waals surface area contributed by atoms with E-state index in [1.165, 1.54) is 24.3 Å². The Hall–Kier alpha value is -4.20. The summed E-state index contributed by atoms with van der Waals surface area (Å²) >= 11 is 0. The molecule has 176 valence electrons. The largest absolute Gasteiger partial charge is 0.445 e. The van der Waals surface area contributed by atoms with Crippen LogP contribution in [0.5, 0.6) is 0 Å². The molecule has 8 heteroatoms. The lowest BCUT2D eigenvalue weighted by Gasteiger charge is -2.22. The minimum absolute atomic E-state index is 0.0425. The highest BCUT2D eigenvalue weighted by atomic mass is 19.1. The van der Waals surface area contributed by atoms with Crippen LogP contribution in [-0.4, -0.2) is 30.0 Å². The molecule has 3 aromatic carbocycles. The number of ether oxygens (including phenoxy) is 1. The molecule has 4 N–H and O–H groups in total. The number of hydrogen-bond acceptors (Lipinski definition) is 4. The van der Waals surface area contributed by atoms with Crippen molar-refractivity contribution in [2.24, 2.45) is 5.73 Å². The first-order valence-corrected chi connectivity index (χ1v) is 10.8. The predicted molar refractivity (Wildman–Crippen MR) is 125 cm³/mol. The normalized spacial score (nSPS) is 12.3. The van der Waals surface area contributed by atoms with Crippen molar-refractivity contribution in [3.8, 4) is 0 Å². The van der Waals surface area contributed by atoms with Gasteiger partial charge in [-0.25, -0.2) is 9.18 Å². The maximum absolute atomic E-state index is 13.2. The summed E-state index contributed by atoms with van der Waals surface area (Å²) in [4.78, 5) is 37.5. The number of hydrogen-bond donors (Lipinski definition) is 3. The van der Waals surface area contributed by atoms with Crippen molar-refractivity contribution in [1.29, 1.82) is 0 Å². The Morgan fingerprint density at radius 3 is 1.85 bits per heavy atom. The van der Waals surface area contributed by atoms with Crippen molar-refractivity contribution in [3.63, 3.8) is 0 Å². The number of rotatable bonds is 10. The Labute approximate surface area is 197 Å². The third kappa shape index (κ3) is 7.74. The molecule has 7 nitrogen and oxygen atoms in total. The third-order valence-corrected chi connectivity index (χ3v) is 5.12. The number of carbonyl (C=O) groups excluding carboxylic acids is 3. The fourth-order valence-corrected chi connectivity index (χ4v) is 3.32. The van der Waals surface area contributed by atoms with Crippen molar-refractivity contribution < 1.29 is 23.5 Å². The average Bonchev–Trinajstić information content (AvgIpc) is 2.84. The Morgan fingerprint density at radius 1 is 0.735 bits per heavy atom. The predicted octanol–water partition coefficient (Wildman–Crippen LogP) is 2.88. The van der Waals surface area contributed by atoms with Gasteiger partial charge >= 0.3 is 6.09 Å². The Bertz CT molecular complexity index is 1090. The SMILES string of the molecule is NC(=O)[C@@H](Cc1ccc(F)cc1)NC(=O)[C@H](Cc1ccccc1)NC(=O)OCc1ccccc1. The second-order valence-electron chi connectivity index (χ2n) is 7.74. The van der Waals surface area contributed by atoms with Crippen LogP contribution in [0.15, 0.2) is 84.9 Å². The topological polar surface area (TPSA) is 111 Å². The van der Waals surface area contributed by atoms with Crippen LogP contribution in [0.3, 0.4) is 0 Å². The van der Waals surface area contributed by atoms with Crippen molar-refractivity contribution in [1.82, 2.24) is 10.6 Å². The third-order valence-electron chi connectivity index (χ3n) is 5.12. The molecule has 0 spiro atoms. The molecule has 34 heavy (non-hydrogen) atoms. The first-order chi connectivity index (χ1) is 16.4. The van der Waals surface area contributed by atoms with Crippen LogP contribution in [-0.2, 0) is 33.8 Å². The molecule has 0 saturated heterocycles. The first-order valence-electron chi connectivity index (χ1n) is 10.8. The van der Waals surface area contributed by atoms with E-state index in [0.717, 1.165) is 11.1 Å². The highest BCUT2D eigenvalue weighted by Crippen LogP contribution is 2.09. The van der Waals surface area contributed by atoms with Gasteiger partial charge in [-0.15, -0.1) is 0 Å². The fourth-order valence-electron chi connectivity index (χ4n) is 3.32. The summed E-state index contributed by atoms with van der Waals surface area (Å²) in [5.74, 6) is -1.75. The van der Waals surface area contributed by atoms with Crippen molar-refractivity contribution in [3.05, 3.63) is 107 Å². The summed E-state index contributed by atoms with van der Waals surface area (Å²) in [5, 5.41) is 5.18. The van der Waals surface area contributed by atoms with Gasteiger partial charge in [-0.1, -0.05) is 72.8 Å². The van der Waals surface area contributed by atoms with Gasteiger partial charge in [-0.2, -0.15) is 0 Å². The van der Waals surface area contributed by atoms with Crippen LogP contribution in [0.25, 0.3) is 0 Å². The molecule has 3 aromatic rings. The molecule has 3 amide bonds. The number of amides is 3. The van der Waals surface area contributed by atoms with Gasteiger partial charge in [-0.3, -0.25) is 9.59 Å². The number of halogens is 1. The van der Waals surface area contributed by atoms with Crippen LogP contribution >= 0.6 is 0 Å². The highest BCUT2D eigenvalue weighted by Gasteiger charge is 2.26. The molecule has 0 aliphatic rings. The van der Waals surface area contributed by atoms with Gasteiger partial charge in [0.15, 0.2) is 0 Å². The van der Waals surface area contributed by atoms with Gasteiger partial charge in [0.1, 0.15) is 24.5 Å². The van der Waals surface area contributed by atoms with Gasteiger partial charge in [0.05, 0.1) is 0 Å². The number of alkyl carbamates (subject to hydrolysis) is 1. The van der Waals surface area contributed by atoms with E-state index < -0.39 is 35.8 Å². The number of benzene rings is 3. The van der Waals surface area contributed by atoms with Crippen LogP contribution in [0.2, 0.25) is 0 Å². The second-order valence-corrected chi connectivity index (χ2v) is 7.74. The maximum Gasteiger partial charge on any atom is 0.408 e. The van der Waals surface area contributed by atoms with Gasteiger partial charge in [-0.05, 0) is 28.8 Å². The van der Waals surface area contributed by atoms with E-state index in [9.17, 15) is 18.8 Å². The molecule has 0 unspecified atom stereocenters. The quantitative estimate of drug-likeness (QED) is 0.429. The second kappa shape index (κ2) is 12.2. The van der Waals surface area contributed by atoms with Crippen molar-refractivity contribution in [2.45, 2.75) is 31.5 Å². The summed E-state index contributed by atoms with van der Waals surface area (Å²) in [6.45, 7) is 0.0425. The molecule has 0 aromatic heterocycles. The summed E-state index contributed by atoms with van der Waals surface area (Å²) in [5.41, 5.74) is 7.72. The van der Waals surface area contributed by atoms with E-state index in [1.54, 1.807) is 0 Å². The van der Waals surface area contributed by atoms with E-state index in [-0.39, 0.29) is 19.4 Å². The molecule has 0 bridgehead atoms. The van der Waals surface area contributed by atoms with Gasteiger partial charge in [0, 0.05) is 12.8 Å². The Balaban J connectivity index is 1.68. The molecule has 0 aliphatic heterocycles. The highest BCUT2D eigenvalue weighted by molar-refractivity contribution is 5.91. The van der Waals surface area contributed by atoms with Gasteiger partial charge in [0.25, 0.3) is 0 Å². The zero-order valence-electron chi connectivity index (χ0n) is 18.4. The van der Waals surface area contributed by atoms with E-state index in [1.807, 2.05) is 60.7 Å². The van der Waals surface area contributed by atoms with Crippen LogP contribution < -0.4 is 16.4 Å². The lowest BCUT2D eigenvalue weighted by atomic mass is 10.0. The van der Waals surface area contributed by atoms with Crippen LogP contribution in [0, 0.1) is 5.82 Å². The van der Waals surface area contributed by atoms with Crippen LogP contribution in [0.4, 0.5) is 9.18 Å². The van der Waals surface area contributed by atoms with Crippen molar-refractivity contribution in [2.75, 3.05) is 0 Å². The molecule has 0 heterocycles. The lowest BCUT2D eigenvalue weighted by molar-refractivity contribution is -0.128. The molecule has 3 rings (SSSR count). The Kier molecular flexibility index (Phi) is 8.73. The molecule has 0 fully saturated rings. The molecule has 0 saturated carbocycles. The molecular formula is C26H26FN3O4. The van der Waals surface area contributed by atoms with Gasteiger partial charge in [0.2, 0.25) is 11.8 Å². The zero-order valence-corrected chi connectivity index (χ0v) is 18.4. The number of nitrogens with two attached hydrogens (primary N) is 1. The maximum atomic E-state index is 13.2. The first kappa shape index (κ1) is 24.4. The van der Waals surface area contributed by atoms with E-state index >= 15 is 0 Å². The summed E-state index contributed by atoms with van der Waals surface area (Å²) < 4.78 is 18.4. The van der Waals surface area contributed by atoms with E-state index in [4.69, 9.17) is 10.5 Å². The fraction of sp³-hybridized carbons (Fsp3) is 0.192. The standard InChI is InChI=1S/C26H26FN3O4/c27-21-13-11-19(12-14-21)15-22(24(28)31)29-25(32)23(16-18-7-3-1-4-8-18)30-26(33)34-17-20-9-5-2-6-10-20/h1-14,22-23H,15-17H2,(H2,28,31)(H,29,32)(H,30,33)/t22-,23+/m1/s1. The molecule has 0 aliphatic carbocycles.